The molecule has 18 heteroatoms. The Labute approximate surface area is 365 Å². The SMILES string of the molecule is C[C@H](NC(=O)[C@H](CCCN=C(N)N)NCCN1CCN(CCCCC2CCN(CC(=O)N3c4ccccc4NC(=O)c4ccccc43)CC2)CC1)C(=O)NC(=O)[C@@H](N)CCCN. The van der Waals surface area contributed by atoms with Gasteiger partial charge in [0.2, 0.25) is 23.6 Å². The van der Waals surface area contributed by atoms with Crippen molar-refractivity contribution in [2.75, 3.05) is 88.8 Å². The van der Waals surface area contributed by atoms with E-state index in [1.165, 1.54) is 19.8 Å². The van der Waals surface area contributed by atoms with Crippen molar-refractivity contribution in [1.82, 2.24) is 30.7 Å². The molecule has 18 nitrogen and oxygen atoms in total. The topological polar surface area (TPSA) is 263 Å². The molecule has 0 saturated carbocycles. The fourth-order valence-corrected chi connectivity index (χ4v) is 8.32. The second-order valence-electron chi connectivity index (χ2n) is 16.7. The zero-order valence-corrected chi connectivity index (χ0v) is 36.4. The minimum Gasteiger partial charge on any atom is -0.370 e. The molecule has 0 radical (unpaired) electrons. The van der Waals surface area contributed by atoms with Crippen molar-refractivity contribution in [2.24, 2.45) is 33.8 Å². The Morgan fingerprint density at radius 3 is 2.19 bits per heavy atom. The molecular weight excluding hydrogens is 791 g/mol. The van der Waals surface area contributed by atoms with Crippen molar-refractivity contribution in [3.05, 3.63) is 54.1 Å². The number of anilines is 3. The lowest BCUT2D eigenvalue weighted by molar-refractivity contribution is -0.135. The lowest BCUT2D eigenvalue weighted by Gasteiger charge is -2.35. The van der Waals surface area contributed by atoms with Crippen molar-refractivity contribution in [2.45, 2.75) is 82.8 Å². The van der Waals surface area contributed by atoms with Crippen LogP contribution in [0, 0.1) is 5.92 Å². The summed E-state index contributed by atoms with van der Waals surface area (Å²) in [5.41, 5.74) is 24.7. The van der Waals surface area contributed by atoms with Crippen LogP contribution in [0.1, 0.15) is 75.1 Å². The van der Waals surface area contributed by atoms with Gasteiger partial charge in [-0.15, -0.1) is 0 Å². The van der Waals surface area contributed by atoms with E-state index in [2.05, 4.69) is 41.0 Å². The van der Waals surface area contributed by atoms with E-state index < -0.39 is 29.9 Å². The number of aliphatic imine (C=N–C) groups is 1. The Morgan fingerprint density at radius 1 is 0.806 bits per heavy atom. The van der Waals surface area contributed by atoms with Crippen LogP contribution >= 0.6 is 0 Å². The van der Waals surface area contributed by atoms with Gasteiger partial charge in [-0.1, -0.05) is 37.1 Å². The Kier molecular flexibility index (Phi) is 19.1. The molecule has 3 aliphatic rings. The number of likely N-dealkylation sites (tertiary alicyclic amines) is 1. The number of benzene rings is 2. The number of hydrogen-bond donors (Lipinski definition) is 8. The Bertz CT molecular complexity index is 1830. The number of guanidine groups is 1. The molecule has 62 heavy (non-hydrogen) atoms. The third kappa shape index (κ3) is 14.6. The van der Waals surface area contributed by atoms with Crippen LogP contribution in [0.5, 0.6) is 0 Å². The summed E-state index contributed by atoms with van der Waals surface area (Å²) in [6.07, 6.45) is 7.62. The number of rotatable bonds is 22. The van der Waals surface area contributed by atoms with E-state index in [1.807, 2.05) is 42.5 Å². The summed E-state index contributed by atoms with van der Waals surface area (Å²) in [6.45, 7) is 10.7. The Hall–Kier alpha value is -4.98. The molecule has 340 valence electrons. The summed E-state index contributed by atoms with van der Waals surface area (Å²) in [6, 6.07) is 12.4. The summed E-state index contributed by atoms with van der Waals surface area (Å²) in [5.74, 6) is -1.18. The van der Waals surface area contributed by atoms with Crippen LogP contribution in [0.3, 0.4) is 0 Å². The predicted molar refractivity (Wildman–Crippen MR) is 243 cm³/mol. The van der Waals surface area contributed by atoms with Gasteiger partial charge in [0.05, 0.1) is 41.3 Å². The first-order chi connectivity index (χ1) is 29.9. The third-order valence-electron chi connectivity index (χ3n) is 12.0. The first-order valence-corrected chi connectivity index (χ1v) is 22.3. The second-order valence-corrected chi connectivity index (χ2v) is 16.7. The van der Waals surface area contributed by atoms with Crippen LogP contribution in [0.15, 0.2) is 53.5 Å². The highest BCUT2D eigenvalue weighted by Gasteiger charge is 2.31. The number of imide groups is 1. The largest absolute Gasteiger partial charge is 0.370 e. The van der Waals surface area contributed by atoms with Crippen molar-refractivity contribution >= 4 is 52.6 Å². The van der Waals surface area contributed by atoms with Gasteiger partial charge in [0.15, 0.2) is 5.96 Å². The molecule has 2 aromatic rings. The first-order valence-electron chi connectivity index (χ1n) is 22.3. The van der Waals surface area contributed by atoms with Crippen LogP contribution in [0.25, 0.3) is 0 Å². The number of piperazine rings is 1. The highest BCUT2D eigenvalue weighted by atomic mass is 16.2. The van der Waals surface area contributed by atoms with E-state index >= 15 is 0 Å². The molecule has 3 aliphatic heterocycles. The van der Waals surface area contributed by atoms with Gasteiger partial charge < -0.3 is 43.8 Å². The number of nitrogens with two attached hydrogens (primary N) is 4. The highest BCUT2D eigenvalue weighted by Crippen LogP contribution is 2.38. The third-order valence-corrected chi connectivity index (χ3v) is 12.0. The fourth-order valence-electron chi connectivity index (χ4n) is 8.32. The Morgan fingerprint density at radius 2 is 1.48 bits per heavy atom. The normalized spacial score (nSPS) is 17.7. The molecular formula is C44H69N13O5. The molecule has 5 amide bonds. The number of nitrogens with zero attached hydrogens (tertiary/aromatic N) is 5. The highest BCUT2D eigenvalue weighted by molar-refractivity contribution is 6.18. The second kappa shape index (κ2) is 24.6. The average Bonchev–Trinajstić information content (AvgIpc) is 3.39. The number of carbonyl (C=O) groups excluding carboxylic acids is 5. The number of carbonyl (C=O) groups is 5. The smallest absolute Gasteiger partial charge is 0.257 e. The van der Waals surface area contributed by atoms with E-state index in [0.29, 0.717) is 80.4 Å². The number of amides is 5. The van der Waals surface area contributed by atoms with Gasteiger partial charge in [-0.25, -0.2) is 0 Å². The standard InChI is InChI=1S/C44H69N13O5/c1-31(40(59)53-42(61)34(46)12-8-19-45)51-43(62)36(14-9-20-50-44(47)48)49-21-25-55-28-26-54(27-29-55)22-7-6-10-32-17-23-56(24-18-32)30-39(58)57-37-15-4-2-11-33(37)41(60)52-35-13-3-5-16-38(35)57/h2-5,11,13,15-16,31-32,34,36,49H,6-10,12,14,17-30,45-46H2,1H3,(H,51,62)(H,52,60)(H4,47,48,50)(H,53,59,61)/t31-,34-,36-/m0/s1. The molecule has 12 N–H and O–H groups in total. The number of nitrogens with one attached hydrogen (secondary N) is 4. The molecule has 3 heterocycles. The van der Waals surface area contributed by atoms with E-state index in [1.54, 1.807) is 11.0 Å². The number of para-hydroxylation sites is 3. The van der Waals surface area contributed by atoms with Crippen molar-refractivity contribution < 1.29 is 24.0 Å². The first kappa shape index (κ1) is 48.1. The number of unbranched alkanes of at least 4 members (excludes halogenated alkanes) is 1. The molecule has 0 aliphatic carbocycles. The van der Waals surface area contributed by atoms with E-state index in [9.17, 15) is 24.0 Å². The van der Waals surface area contributed by atoms with Crippen LogP contribution in [0.2, 0.25) is 0 Å². The summed E-state index contributed by atoms with van der Waals surface area (Å²) in [7, 11) is 0. The molecule has 0 unspecified atom stereocenters. The number of fused-ring (bicyclic) bond motifs is 2. The zero-order chi connectivity index (χ0) is 44.4. The van der Waals surface area contributed by atoms with Gasteiger partial charge in [-0.3, -0.25) is 49.0 Å². The molecule has 2 saturated heterocycles. The minimum absolute atomic E-state index is 0.0112. The predicted octanol–water partition coefficient (Wildman–Crippen LogP) is 0.642. The molecule has 5 rings (SSSR count). The zero-order valence-electron chi connectivity index (χ0n) is 36.4. The number of hydrogen-bond acceptors (Lipinski definition) is 12. The van der Waals surface area contributed by atoms with Crippen molar-refractivity contribution in [1.29, 1.82) is 0 Å². The maximum Gasteiger partial charge on any atom is 0.257 e. The van der Waals surface area contributed by atoms with Crippen LogP contribution in [-0.4, -0.2) is 147 Å². The average molecular weight is 860 g/mol. The van der Waals surface area contributed by atoms with Crippen LogP contribution < -0.4 is 49.1 Å². The van der Waals surface area contributed by atoms with Crippen molar-refractivity contribution in [3.8, 4) is 0 Å². The van der Waals surface area contributed by atoms with Crippen LogP contribution in [0.4, 0.5) is 17.1 Å². The minimum atomic E-state index is -0.944. The van der Waals surface area contributed by atoms with Gasteiger partial charge in [0.25, 0.3) is 5.91 Å². The molecule has 0 bridgehead atoms. The van der Waals surface area contributed by atoms with Gasteiger partial charge in [-0.05, 0) is 108 Å². The van der Waals surface area contributed by atoms with Crippen molar-refractivity contribution in [3.63, 3.8) is 0 Å². The maximum atomic E-state index is 13.9. The summed E-state index contributed by atoms with van der Waals surface area (Å²) < 4.78 is 0. The fraction of sp³-hybridized carbons (Fsp3) is 0.591. The van der Waals surface area contributed by atoms with E-state index in [-0.39, 0.29) is 23.7 Å². The molecule has 0 aromatic heterocycles. The summed E-state index contributed by atoms with van der Waals surface area (Å²) in [5, 5.41) is 11.3. The Balaban J connectivity index is 0.969. The maximum absolute atomic E-state index is 13.9. The molecule has 2 fully saturated rings. The molecule has 0 spiro atoms. The van der Waals surface area contributed by atoms with E-state index in [4.69, 9.17) is 22.9 Å². The van der Waals surface area contributed by atoms with Crippen LogP contribution in [-0.2, 0) is 19.2 Å². The lowest BCUT2D eigenvalue weighted by atomic mass is 9.91. The lowest BCUT2D eigenvalue weighted by Crippen LogP contribution is -2.55. The summed E-state index contributed by atoms with van der Waals surface area (Å²) in [4.78, 5) is 78.0. The molecule has 3 atom stereocenters. The monoisotopic (exact) mass is 860 g/mol. The number of piperidine rings is 1. The van der Waals surface area contributed by atoms with Gasteiger partial charge in [-0.2, -0.15) is 0 Å². The summed E-state index contributed by atoms with van der Waals surface area (Å²) >= 11 is 0. The molecule has 2 aromatic carbocycles. The van der Waals surface area contributed by atoms with Gasteiger partial charge in [0, 0.05) is 45.8 Å². The van der Waals surface area contributed by atoms with Gasteiger partial charge >= 0.3 is 0 Å². The van der Waals surface area contributed by atoms with Gasteiger partial charge in [0.1, 0.15) is 6.04 Å². The quantitative estimate of drug-likeness (QED) is 0.0460. The van der Waals surface area contributed by atoms with E-state index in [0.717, 1.165) is 71.6 Å².